The number of hydrogen-bond donors (Lipinski definition) is 2. The zero-order valence-corrected chi connectivity index (χ0v) is 11.8. The first-order valence-electron chi connectivity index (χ1n) is 5.43. The van der Waals surface area contributed by atoms with Gasteiger partial charge in [0, 0.05) is 35.0 Å². The van der Waals surface area contributed by atoms with Crippen LogP contribution in [-0.2, 0) is 10.8 Å². The van der Waals surface area contributed by atoms with E-state index in [9.17, 15) is 9.00 Å². The molecule has 0 aromatic carbocycles. The van der Waals surface area contributed by atoms with E-state index in [1.807, 2.05) is 6.92 Å². The second kappa shape index (κ2) is 6.70. The maximum absolute atomic E-state index is 11.7. The lowest BCUT2D eigenvalue weighted by molar-refractivity contribution is 0.0953. The molecule has 3 N–H and O–H groups in total. The molecule has 0 saturated heterocycles. The summed E-state index contributed by atoms with van der Waals surface area (Å²) in [5, 5.41) is 3.03. The van der Waals surface area contributed by atoms with E-state index in [0.717, 1.165) is 0 Å². The molecule has 7 heteroatoms. The Balaban J connectivity index is 2.50. The molecule has 0 aliphatic rings. The summed E-state index contributed by atoms with van der Waals surface area (Å²) in [5.41, 5.74) is 5.81. The van der Waals surface area contributed by atoms with E-state index in [1.165, 1.54) is 12.3 Å². The Morgan fingerprint density at radius 3 is 2.89 bits per heavy atom. The number of anilines is 1. The summed E-state index contributed by atoms with van der Waals surface area (Å²) >= 11 is 5.78. The van der Waals surface area contributed by atoms with E-state index in [1.54, 1.807) is 6.26 Å². The Labute approximate surface area is 114 Å². The van der Waals surface area contributed by atoms with Gasteiger partial charge in [-0.1, -0.05) is 18.5 Å². The fraction of sp³-hybridized carbons (Fsp3) is 0.455. The molecule has 2 atom stereocenters. The van der Waals surface area contributed by atoms with Crippen LogP contribution in [0.2, 0.25) is 5.02 Å². The molecule has 18 heavy (non-hydrogen) atoms. The average molecular weight is 290 g/mol. The lowest BCUT2D eigenvalue weighted by atomic mass is 10.2. The number of nitrogens with zero attached hydrogens (tertiary/aromatic N) is 1. The van der Waals surface area contributed by atoms with Crippen molar-refractivity contribution in [1.29, 1.82) is 0 Å². The van der Waals surface area contributed by atoms with E-state index in [0.29, 0.717) is 18.5 Å². The fourth-order valence-electron chi connectivity index (χ4n) is 1.23. The highest BCUT2D eigenvalue weighted by Gasteiger charge is 2.10. The predicted molar refractivity (Wildman–Crippen MR) is 74.1 cm³/mol. The van der Waals surface area contributed by atoms with Gasteiger partial charge in [-0.2, -0.15) is 0 Å². The van der Waals surface area contributed by atoms with Crippen molar-refractivity contribution in [3.05, 3.63) is 22.8 Å². The molecule has 1 heterocycles. The molecule has 100 valence electrons. The Bertz CT molecular complexity index is 468. The number of amides is 1. The van der Waals surface area contributed by atoms with Gasteiger partial charge in [-0.05, 0) is 12.5 Å². The molecule has 2 unspecified atom stereocenters. The third-order valence-corrected chi connectivity index (χ3v) is 4.21. The van der Waals surface area contributed by atoms with Gasteiger partial charge in [0.15, 0.2) is 0 Å². The van der Waals surface area contributed by atoms with Gasteiger partial charge in [0.05, 0.1) is 10.6 Å². The summed E-state index contributed by atoms with van der Waals surface area (Å²) in [6, 6.07) is 1.47. The molecule has 0 fully saturated rings. The van der Waals surface area contributed by atoms with E-state index < -0.39 is 10.8 Å². The lowest BCUT2D eigenvalue weighted by Gasteiger charge is -2.09. The summed E-state index contributed by atoms with van der Waals surface area (Å²) in [6.07, 6.45) is 3.68. The minimum Gasteiger partial charge on any atom is -0.382 e. The van der Waals surface area contributed by atoms with Crippen molar-refractivity contribution in [1.82, 2.24) is 10.3 Å². The van der Waals surface area contributed by atoms with Crippen molar-refractivity contribution in [3.8, 4) is 0 Å². The number of carbonyl (C=O) groups excluding carboxylic acids is 1. The predicted octanol–water partition coefficient (Wildman–Crippen LogP) is 1.20. The first kappa shape index (κ1) is 14.9. The first-order valence-corrected chi connectivity index (χ1v) is 7.43. The highest BCUT2D eigenvalue weighted by Crippen LogP contribution is 2.16. The molecular weight excluding hydrogens is 274 g/mol. The van der Waals surface area contributed by atoms with Crippen LogP contribution in [0.3, 0.4) is 0 Å². The normalized spacial score (nSPS) is 13.9. The molecule has 0 aliphatic heterocycles. The highest BCUT2D eigenvalue weighted by atomic mass is 35.5. The van der Waals surface area contributed by atoms with Crippen LogP contribution >= 0.6 is 11.6 Å². The third kappa shape index (κ3) is 4.27. The molecule has 0 spiro atoms. The second-order valence-corrected chi connectivity index (χ2v) is 6.15. The van der Waals surface area contributed by atoms with E-state index in [4.69, 9.17) is 17.3 Å². The lowest BCUT2D eigenvalue weighted by Crippen LogP contribution is -2.27. The maximum Gasteiger partial charge on any atom is 0.252 e. The zero-order valence-electron chi connectivity index (χ0n) is 10.3. The number of halogens is 1. The van der Waals surface area contributed by atoms with Gasteiger partial charge in [0.25, 0.3) is 5.91 Å². The Hall–Kier alpha value is -1.14. The van der Waals surface area contributed by atoms with Gasteiger partial charge in [-0.25, -0.2) is 4.98 Å². The van der Waals surface area contributed by atoms with Crippen LogP contribution in [0.1, 0.15) is 23.7 Å². The van der Waals surface area contributed by atoms with Gasteiger partial charge in [0.1, 0.15) is 5.82 Å². The van der Waals surface area contributed by atoms with Gasteiger partial charge in [-0.3, -0.25) is 9.00 Å². The molecule has 0 aliphatic carbocycles. The molecule has 1 rings (SSSR count). The van der Waals surface area contributed by atoms with Crippen LogP contribution < -0.4 is 11.1 Å². The number of rotatable bonds is 5. The third-order valence-electron chi connectivity index (χ3n) is 2.53. The minimum atomic E-state index is -0.878. The zero-order chi connectivity index (χ0) is 13.7. The SMILES string of the molecule is CC(CCNC(=O)c1cnc(N)c(Cl)c1)S(C)=O. The minimum absolute atomic E-state index is 0.0541. The van der Waals surface area contributed by atoms with Crippen molar-refractivity contribution < 1.29 is 9.00 Å². The largest absolute Gasteiger partial charge is 0.382 e. The molecule has 1 amide bonds. The number of nitrogens with two attached hydrogens (primary N) is 1. The van der Waals surface area contributed by atoms with Gasteiger partial charge < -0.3 is 11.1 Å². The van der Waals surface area contributed by atoms with Gasteiger partial charge in [0.2, 0.25) is 0 Å². The van der Waals surface area contributed by atoms with Crippen LogP contribution in [0.25, 0.3) is 0 Å². The molecular formula is C11H16ClN3O2S. The Morgan fingerprint density at radius 2 is 2.33 bits per heavy atom. The highest BCUT2D eigenvalue weighted by molar-refractivity contribution is 7.84. The van der Waals surface area contributed by atoms with Crippen LogP contribution in [0, 0.1) is 0 Å². The summed E-state index contributed by atoms with van der Waals surface area (Å²) in [6.45, 7) is 2.34. The van der Waals surface area contributed by atoms with E-state index in [2.05, 4.69) is 10.3 Å². The quantitative estimate of drug-likeness (QED) is 0.853. The second-order valence-electron chi connectivity index (χ2n) is 3.94. The summed E-state index contributed by atoms with van der Waals surface area (Å²) in [7, 11) is -0.878. The molecule has 1 aromatic rings. The van der Waals surface area contributed by atoms with E-state index >= 15 is 0 Å². The standard InChI is InChI=1S/C11H16ClN3O2S/c1-7(18(2)17)3-4-14-11(16)8-5-9(12)10(13)15-6-8/h5-7H,3-4H2,1-2H3,(H2,13,15)(H,14,16). The number of carbonyl (C=O) groups is 1. The molecule has 5 nitrogen and oxygen atoms in total. The Kier molecular flexibility index (Phi) is 5.55. The van der Waals surface area contributed by atoms with Crippen LogP contribution in [0.4, 0.5) is 5.82 Å². The van der Waals surface area contributed by atoms with Crippen molar-refractivity contribution >= 4 is 34.1 Å². The van der Waals surface area contributed by atoms with Crippen molar-refractivity contribution in [3.63, 3.8) is 0 Å². The first-order chi connectivity index (χ1) is 8.41. The molecule has 0 saturated carbocycles. The monoisotopic (exact) mass is 289 g/mol. The fourth-order valence-corrected chi connectivity index (χ4v) is 1.85. The summed E-state index contributed by atoms with van der Waals surface area (Å²) in [4.78, 5) is 15.5. The number of nitrogen functional groups attached to an aromatic ring is 1. The van der Waals surface area contributed by atoms with Gasteiger partial charge >= 0.3 is 0 Å². The molecule has 0 radical (unpaired) electrons. The van der Waals surface area contributed by atoms with Crippen molar-refractivity contribution in [2.75, 3.05) is 18.5 Å². The van der Waals surface area contributed by atoms with Crippen molar-refractivity contribution in [2.24, 2.45) is 0 Å². The molecule has 1 aromatic heterocycles. The number of aromatic nitrogens is 1. The van der Waals surface area contributed by atoms with Gasteiger partial charge in [-0.15, -0.1) is 0 Å². The average Bonchev–Trinajstić information content (AvgIpc) is 2.32. The molecule has 0 bridgehead atoms. The smallest absolute Gasteiger partial charge is 0.252 e. The van der Waals surface area contributed by atoms with Crippen LogP contribution in [0.5, 0.6) is 0 Å². The number of nitrogens with one attached hydrogen (secondary N) is 1. The van der Waals surface area contributed by atoms with Crippen LogP contribution in [-0.4, -0.2) is 33.2 Å². The van der Waals surface area contributed by atoms with Crippen molar-refractivity contribution in [2.45, 2.75) is 18.6 Å². The summed E-state index contributed by atoms with van der Waals surface area (Å²) < 4.78 is 11.1. The van der Waals surface area contributed by atoms with E-state index in [-0.39, 0.29) is 22.0 Å². The summed E-state index contributed by atoms with van der Waals surface area (Å²) in [5.74, 6) is -0.0679. The number of pyridine rings is 1. The topological polar surface area (TPSA) is 85.1 Å². The van der Waals surface area contributed by atoms with Crippen LogP contribution in [0.15, 0.2) is 12.3 Å². The Morgan fingerprint density at radius 1 is 1.67 bits per heavy atom. The maximum atomic E-state index is 11.7. The number of hydrogen-bond acceptors (Lipinski definition) is 4.